The van der Waals surface area contributed by atoms with Gasteiger partial charge >= 0.3 is 0 Å². The fraction of sp³-hybridized carbons (Fsp3) is 0.235. The first-order valence-electron chi connectivity index (χ1n) is 7.08. The average Bonchev–Trinajstić information content (AvgIpc) is 2.49. The van der Waals surface area contributed by atoms with E-state index in [1.807, 2.05) is 20.8 Å². The predicted octanol–water partition coefficient (Wildman–Crippen LogP) is 3.96. The molecule has 1 heterocycles. The topological polar surface area (TPSA) is 71.8 Å². The Hall–Kier alpha value is -2.47. The van der Waals surface area contributed by atoms with Gasteiger partial charge in [0.15, 0.2) is 0 Å². The number of carbonyl (C=O) groups is 1. The van der Waals surface area contributed by atoms with Crippen molar-refractivity contribution in [3.8, 4) is 5.75 Å². The summed E-state index contributed by atoms with van der Waals surface area (Å²) in [5.41, 5.74) is -0.194. The summed E-state index contributed by atoms with van der Waals surface area (Å²) in [7, 11) is 0. The van der Waals surface area contributed by atoms with E-state index in [0.717, 1.165) is 12.1 Å². The molecule has 0 saturated carbocycles. The van der Waals surface area contributed by atoms with Crippen molar-refractivity contribution in [3.63, 3.8) is 0 Å². The number of hydrogen-bond acceptors (Lipinski definition) is 5. The number of halogens is 2. The number of rotatable bonds is 4. The van der Waals surface area contributed by atoms with Crippen molar-refractivity contribution in [2.24, 2.45) is 5.16 Å². The minimum atomic E-state index is -0.813. The summed E-state index contributed by atoms with van der Waals surface area (Å²) in [5.74, 6) is -1.93. The van der Waals surface area contributed by atoms with Crippen LogP contribution in [0, 0.1) is 5.82 Å². The van der Waals surface area contributed by atoms with Crippen molar-refractivity contribution in [2.45, 2.75) is 26.4 Å². The first-order chi connectivity index (χ1) is 11.2. The van der Waals surface area contributed by atoms with Crippen LogP contribution in [0.25, 0.3) is 0 Å². The van der Waals surface area contributed by atoms with E-state index in [4.69, 9.17) is 16.4 Å². The second kappa shape index (κ2) is 6.97. The Morgan fingerprint density at radius 2 is 2.12 bits per heavy atom. The third-order valence-electron chi connectivity index (χ3n) is 2.86. The summed E-state index contributed by atoms with van der Waals surface area (Å²) >= 11 is 5.69. The molecule has 2 aromatic rings. The van der Waals surface area contributed by atoms with Gasteiger partial charge in [-0.1, -0.05) is 16.8 Å². The Labute approximate surface area is 143 Å². The van der Waals surface area contributed by atoms with Crippen LogP contribution in [0.2, 0.25) is 5.02 Å². The van der Waals surface area contributed by atoms with E-state index in [2.05, 4.69) is 10.1 Å². The number of oxime groups is 1. The molecule has 0 aliphatic rings. The van der Waals surface area contributed by atoms with Crippen LogP contribution in [0.15, 0.2) is 35.6 Å². The number of phenols is 1. The van der Waals surface area contributed by atoms with Gasteiger partial charge in [-0.05, 0) is 39.0 Å². The third kappa shape index (κ3) is 4.29. The molecular weight excluding hydrogens is 335 g/mol. The number of carbonyl (C=O) groups excluding carboxylic acids is 1. The molecule has 24 heavy (non-hydrogen) atoms. The summed E-state index contributed by atoms with van der Waals surface area (Å²) in [6.07, 6.45) is 2.78. The van der Waals surface area contributed by atoms with Crippen LogP contribution in [0.1, 0.15) is 42.4 Å². The highest BCUT2D eigenvalue weighted by molar-refractivity contribution is 6.31. The van der Waals surface area contributed by atoms with E-state index in [1.54, 1.807) is 12.1 Å². The monoisotopic (exact) mass is 350 g/mol. The Bertz CT molecular complexity index is 801. The van der Waals surface area contributed by atoms with Crippen LogP contribution < -0.4 is 0 Å². The van der Waals surface area contributed by atoms with Crippen molar-refractivity contribution in [1.82, 2.24) is 4.98 Å². The number of aromatic hydroxyl groups is 1. The molecule has 0 amide bonds. The molecule has 0 unspecified atom stereocenters. The molecule has 0 aliphatic heterocycles. The first kappa shape index (κ1) is 17.9. The van der Waals surface area contributed by atoms with Crippen LogP contribution in [0.4, 0.5) is 4.39 Å². The van der Waals surface area contributed by atoms with E-state index >= 15 is 0 Å². The molecular formula is C17H16ClFN2O3. The van der Waals surface area contributed by atoms with Gasteiger partial charge < -0.3 is 9.94 Å². The highest BCUT2D eigenvalue weighted by Gasteiger charge is 2.20. The zero-order chi connectivity index (χ0) is 17.9. The van der Waals surface area contributed by atoms with Gasteiger partial charge in [0.25, 0.3) is 0 Å². The Morgan fingerprint density at radius 1 is 1.42 bits per heavy atom. The molecule has 0 fully saturated rings. The van der Waals surface area contributed by atoms with Gasteiger partial charge in [0.1, 0.15) is 22.9 Å². The van der Waals surface area contributed by atoms with Crippen molar-refractivity contribution >= 4 is 23.6 Å². The second-order valence-corrected chi connectivity index (χ2v) is 6.40. The molecule has 0 aliphatic carbocycles. The van der Waals surface area contributed by atoms with Crippen LogP contribution in [-0.2, 0) is 4.84 Å². The average molecular weight is 351 g/mol. The molecule has 7 heteroatoms. The van der Waals surface area contributed by atoms with Crippen molar-refractivity contribution < 1.29 is 19.1 Å². The summed E-state index contributed by atoms with van der Waals surface area (Å²) < 4.78 is 13.3. The second-order valence-electron chi connectivity index (χ2n) is 5.99. The lowest BCUT2D eigenvalue weighted by Crippen LogP contribution is -2.16. The first-order valence-corrected chi connectivity index (χ1v) is 7.46. The summed E-state index contributed by atoms with van der Waals surface area (Å²) in [5, 5.41) is 13.4. The summed E-state index contributed by atoms with van der Waals surface area (Å²) in [4.78, 5) is 21.9. The Balaban J connectivity index is 2.39. The van der Waals surface area contributed by atoms with Crippen LogP contribution in [-0.4, -0.2) is 27.7 Å². The third-order valence-corrected chi connectivity index (χ3v) is 3.15. The minimum Gasteiger partial charge on any atom is -0.507 e. The predicted molar refractivity (Wildman–Crippen MR) is 89.2 cm³/mol. The highest BCUT2D eigenvalue weighted by atomic mass is 35.5. The fourth-order valence-corrected chi connectivity index (χ4v) is 1.96. The number of nitrogens with zero attached hydrogens (tertiary/aromatic N) is 2. The molecule has 5 nitrogen and oxygen atoms in total. The van der Waals surface area contributed by atoms with Gasteiger partial charge in [-0.25, -0.2) is 4.39 Å². The summed E-state index contributed by atoms with van der Waals surface area (Å²) in [6, 6.07) is 5.11. The van der Waals surface area contributed by atoms with Crippen molar-refractivity contribution in [2.75, 3.05) is 0 Å². The largest absolute Gasteiger partial charge is 0.507 e. The van der Waals surface area contributed by atoms with Gasteiger partial charge in [0, 0.05) is 17.8 Å². The van der Waals surface area contributed by atoms with E-state index in [9.17, 15) is 14.3 Å². The van der Waals surface area contributed by atoms with E-state index < -0.39 is 23.0 Å². The quantitative estimate of drug-likeness (QED) is 0.514. The number of benzene rings is 1. The normalized spacial score (nSPS) is 11.7. The highest BCUT2D eigenvalue weighted by Crippen LogP contribution is 2.27. The molecule has 1 aromatic heterocycles. The van der Waals surface area contributed by atoms with Gasteiger partial charge in [0.05, 0.1) is 16.8 Å². The van der Waals surface area contributed by atoms with Crippen molar-refractivity contribution in [3.05, 3.63) is 58.1 Å². The van der Waals surface area contributed by atoms with E-state index in [1.165, 1.54) is 12.4 Å². The maximum absolute atomic E-state index is 13.3. The molecule has 0 saturated heterocycles. The van der Waals surface area contributed by atoms with Crippen molar-refractivity contribution in [1.29, 1.82) is 0 Å². The Morgan fingerprint density at radius 3 is 2.79 bits per heavy atom. The number of phenolic OH excluding ortho intramolecular Hbond substituents is 1. The van der Waals surface area contributed by atoms with Gasteiger partial charge in [0.2, 0.25) is 5.78 Å². The number of aromatic nitrogens is 1. The van der Waals surface area contributed by atoms with Gasteiger partial charge in [-0.3, -0.25) is 9.78 Å². The zero-order valence-electron chi connectivity index (χ0n) is 13.4. The standard InChI is InChI=1S/C17H16ClFN2O3/c1-17(2,3)24-21-9-10-5-4-6-20-15(10)16(23)11-7-12(18)13(19)8-14(11)22/h4-9,22H,1-3H3/b21-9-. The minimum absolute atomic E-state index is 0.0386. The van der Waals surface area contributed by atoms with Crippen LogP contribution in [0.3, 0.4) is 0 Å². The lowest BCUT2D eigenvalue weighted by Gasteiger charge is -2.15. The molecule has 1 aromatic carbocycles. The SMILES string of the molecule is CC(C)(C)O/N=C\c1cccnc1C(=O)c1cc(Cl)c(F)cc1O. The molecule has 0 bridgehead atoms. The maximum Gasteiger partial charge on any atom is 0.215 e. The van der Waals surface area contributed by atoms with Crippen LogP contribution >= 0.6 is 11.6 Å². The lowest BCUT2D eigenvalue weighted by atomic mass is 10.0. The maximum atomic E-state index is 13.3. The van der Waals surface area contributed by atoms with Gasteiger partial charge in [-0.15, -0.1) is 0 Å². The Kier molecular flexibility index (Phi) is 5.19. The van der Waals surface area contributed by atoms with Crippen LogP contribution in [0.5, 0.6) is 5.75 Å². The fourth-order valence-electron chi connectivity index (χ4n) is 1.80. The smallest absolute Gasteiger partial charge is 0.215 e. The molecule has 0 spiro atoms. The molecule has 0 radical (unpaired) electrons. The number of pyridine rings is 1. The number of hydrogen-bond donors (Lipinski definition) is 1. The molecule has 1 N–H and O–H groups in total. The number of ketones is 1. The zero-order valence-corrected chi connectivity index (χ0v) is 14.1. The van der Waals surface area contributed by atoms with E-state index in [-0.39, 0.29) is 16.3 Å². The van der Waals surface area contributed by atoms with Gasteiger partial charge in [-0.2, -0.15) is 0 Å². The molecule has 2 rings (SSSR count). The summed E-state index contributed by atoms with van der Waals surface area (Å²) in [6.45, 7) is 5.49. The van der Waals surface area contributed by atoms with E-state index in [0.29, 0.717) is 5.56 Å². The molecule has 126 valence electrons. The lowest BCUT2D eigenvalue weighted by molar-refractivity contribution is 0.00199. The molecule has 0 atom stereocenters.